The second-order valence-corrected chi connectivity index (χ2v) is 9.78. The Morgan fingerprint density at radius 1 is 1.24 bits per heavy atom. The first kappa shape index (κ1) is 23.4. The summed E-state index contributed by atoms with van der Waals surface area (Å²) < 4.78 is 7.72. The Labute approximate surface area is 203 Å². The largest absolute Gasteiger partial charge is 0.379 e. The SMILES string of the molecule is C=CCN1CCC[C@@H]2c3cccc4c3c(c(CN3CCOCC3)n4NC(=O)N(CC)CC)C[C@H]21. The van der Waals surface area contributed by atoms with Crippen molar-refractivity contribution >= 4 is 16.9 Å². The van der Waals surface area contributed by atoms with Gasteiger partial charge in [-0.3, -0.25) is 14.5 Å². The lowest BCUT2D eigenvalue weighted by molar-refractivity contribution is 0.0331. The molecule has 1 aromatic carbocycles. The summed E-state index contributed by atoms with van der Waals surface area (Å²) in [6.07, 6.45) is 5.52. The van der Waals surface area contributed by atoms with Gasteiger partial charge >= 0.3 is 6.03 Å². The van der Waals surface area contributed by atoms with E-state index in [2.05, 4.69) is 44.7 Å². The van der Waals surface area contributed by atoms with Crippen LogP contribution in [-0.4, -0.2) is 83.9 Å². The number of piperidine rings is 1. The zero-order valence-corrected chi connectivity index (χ0v) is 20.8. The van der Waals surface area contributed by atoms with Crippen molar-refractivity contribution in [1.82, 2.24) is 19.4 Å². The molecule has 0 saturated carbocycles. The number of likely N-dealkylation sites (tertiary alicyclic amines) is 1. The van der Waals surface area contributed by atoms with Gasteiger partial charge in [0, 0.05) is 56.6 Å². The molecule has 2 aliphatic heterocycles. The van der Waals surface area contributed by atoms with Gasteiger partial charge in [-0.1, -0.05) is 18.2 Å². The molecule has 1 N–H and O–H groups in total. The number of benzene rings is 1. The van der Waals surface area contributed by atoms with Gasteiger partial charge < -0.3 is 9.64 Å². The molecule has 7 heteroatoms. The topological polar surface area (TPSA) is 53.0 Å². The van der Waals surface area contributed by atoms with Crippen LogP contribution >= 0.6 is 0 Å². The van der Waals surface area contributed by atoms with Crippen LogP contribution in [0.4, 0.5) is 4.79 Å². The maximum atomic E-state index is 13.2. The number of aromatic nitrogens is 1. The zero-order chi connectivity index (χ0) is 23.7. The van der Waals surface area contributed by atoms with Crippen LogP contribution in [0, 0.1) is 0 Å². The van der Waals surface area contributed by atoms with E-state index in [1.807, 2.05) is 24.8 Å². The molecule has 7 nitrogen and oxygen atoms in total. The van der Waals surface area contributed by atoms with Gasteiger partial charge in [0.05, 0.1) is 24.4 Å². The summed E-state index contributed by atoms with van der Waals surface area (Å²) in [6.45, 7) is 15.7. The average molecular weight is 466 g/mol. The van der Waals surface area contributed by atoms with Crippen molar-refractivity contribution in [3.8, 4) is 0 Å². The molecule has 2 amide bonds. The summed E-state index contributed by atoms with van der Waals surface area (Å²) in [6, 6.07) is 7.14. The van der Waals surface area contributed by atoms with Crippen LogP contribution in [0.3, 0.4) is 0 Å². The van der Waals surface area contributed by atoms with Crippen LogP contribution in [0.15, 0.2) is 30.9 Å². The molecule has 5 rings (SSSR count). The summed E-state index contributed by atoms with van der Waals surface area (Å²) in [5, 5.41) is 1.37. The molecule has 1 aliphatic carbocycles. The van der Waals surface area contributed by atoms with Crippen LogP contribution in [0.1, 0.15) is 49.4 Å². The number of carbonyl (C=O) groups excluding carboxylic acids is 1. The molecule has 1 aromatic heterocycles. The Morgan fingerprint density at radius 3 is 2.76 bits per heavy atom. The Kier molecular flexibility index (Phi) is 6.95. The minimum absolute atomic E-state index is 0.0352. The van der Waals surface area contributed by atoms with Gasteiger partial charge in [-0.15, -0.1) is 6.58 Å². The smallest absolute Gasteiger partial charge is 0.336 e. The summed E-state index contributed by atoms with van der Waals surface area (Å²) in [5.41, 5.74) is 8.52. The third-order valence-corrected chi connectivity index (χ3v) is 8.04. The molecule has 0 unspecified atom stereocenters. The molecule has 184 valence electrons. The highest BCUT2D eigenvalue weighted by Gasteiger charge is 2.39. The summed E-state index contributed by atoms with van der Waals surface area (Å²) in [7, 11) is 0. The summed E-state index contributed by atoms with van der Waals surface area (Å²) >= 11 is 0. The van der Waals surface area contributed by atoms with Crippen molar-refractivity contribution in [2.75, 3.05) is 57.9 Å². The van der Waals surface area contributed by atoms with E-state index in [0.717, 1.165) is 57.9 Å². The van der Waals surface area contributed by atoms with Crippen LogP contribution in [-0.2, 0) is 17.7 Å². The monoisotopic (exact) mass is 465 g/mol. The summed E-state index contributed by atoms with van der Waals surface area (Å²) in [5.74, 6) is 0.537. The quantitative estimate of drug-likeness (QED) is 0.633. The fourth-order valence-electron chi connectivity index (χ4n) is 6.33. The highest BCUT2D eigenvalue weighted by Crippen LogP contribution is 2.45. The van der Waals surface area contributed by atoms with Crippen LogP contribution in [0.25, 0.3) is 10.9 Å². The lowest BCUT2D eigenvalue weighted by Crippen LogP contribution is -2.47. The number of carbonyl (C=O) groups is 1. The number of amides is 2. The lowest BCUT2D eigenvalue weighted by atomic mass is 9.74. The van der Waals surface area contributed by atoms with E-state index in [1.54, 1.807) is 0 Å². The normalized spacial score (nSPS) is 23.0. The molecule has 2 fully saturated rings. The Balaban J connectivity index is 1.61. The van der Waals surface area contributed by atoms with Crippen molar-refractivity contribution in [3.05, 3.63) is 47.7 Å². The number of fused-ring (bicyclic) bond motifs is 2. The Morgan fingerprint density at radius 2 is 2.03 bits per heavy atom. The molecule has 34 heavy (non-hydrogen) atoms. The molecule has 0 spiro atoms. The van der Waals surface area contributed by atoms with E-state index in [1.165, 1.54) is 35.0 Å². The fourth-order valence-corrected chi connectivity index (χ4v) is 6.33. The maximum Gasteiger partial charge on any atom is 0.336 e. The number of hydrogen-bond donors (Lipinski definition) is 1. The number of hydrogen-bond acceptors (Lipinski definition) is 4. The molecular formula is C27H39N5O2. The Bertz CT molecular complexity index is 1040. The van der Waals surface area contributed by atoms with E-state index >= 15 is 0 Å². The van der Waals surface area contributed by atoms with Crippen molar-refractivity contribution < 1.29 is 9.53 Å². The molecule has 3 aliphatic rings. The van der Waals surface area contributed by atoms with Crippen molar-refractivity contribution in [2.24, 2.45) is 0 Å². The molecule has 2 atom stereocenters. The second kappa shape index (κ2) is 10.1. The number of ether oxygens (including phenoxy) is 1. The third-order valence-electron chi connectivity index (χ3n) is 8.04. The van der Waals surface area contributed by atoms with E-state index in [0.29, 0.717) is 25.0 Å². The van der Waals surface area contributed by atoms with Gasteiger partial charge in [0.25, 0.3) is 0 Å². The first-order valence-electron chi connectivity index (χ1n) is 13.0. The minimum Gasteiger partial charge on any atom is -0.379 e. The van der Waals surface area contributed by atoms with Crippen molar-refractivity contribution in [2.45, 2.75) is 51.6 Å². The first-order chi connectivity index (χ1) is 16.7. The van der Waals surface area contributed by atoms with E-state index < -0.39 is 0 Å². The van der Waals surface area contributed by atoms with Crippen LogP contribution in [0.2, 0.25) is 0 Å². The predicted molar refractivity (Wildman–Crippen MR) is 137 cm³/mol. The summed E-state index contributed by atoms with van der Waals surface area (Å²) in [4.78, 5) is 20.1. The fraction of sp³-hybridized carbons (Fsp3) is 0.593. The van der Waals surface area contributed by atoms with Gasteiger partial charge in [-0.05, 0) is 56.8 Å². The van der Waals surface area contributed by atoms with E-state index in [-0.39, 0.29) is 6.03 Å². The van der Waals surface area contributed by atoms with Crippen LogP contribution in [0.5, 0.6) is 0 Å². The standard InChI is InChI=1S/C27H39N5O2/c1-4-12-31-13-8-10-20-21-9-7-11-23-26(21)22(18-24(20)31)25(19-29-14-16-34-17-15-29)32(23)28-27(33)30(5-2)6-3/h4,7,9,11,20,24H,1,5-6,8,10,12-19H2,2-3H3,(H,28,33)/t20-,24-/m1/s1. The van der Waals surface area contributed by atoms with Gasteiger partial charge in [-0.25, -0.2) is 10.2 Å². The highest BCUT2D eigenvalue weighted by atomic mass is 16.5. The van der Waals surface area contributed by atoms with Crippen molar-refractivity contribution in [3.63, 3.8) is 0 Å². The molecule has 2 aromatic rings. The average Bonchev–Trinajstić information content (AvgIpc) is 3.14. The van der Waals surface area contributed by atoms with Gasteiger partial charge in [0.2, 0.25) is 0 Å². The van der Waals surface area contributed by atoms with Crippen molar-refractivity contribution in [1.29, 1.82) is 0 Å². The first-order valence-corrected chi connectivity index (χ1v) is 13.0. The minimum atomic E-state index is -0.0352. The number of nitrogens with zero attached hydrogens (tertiary/aromatic N) is 4. The van der Waals surface area contributed by atoms with Gasteiger partial charge in [0.15, 0.2) is 0 Å². The van der Waals surface area contributed by atoms with Gasteiger partial charge in [0.1, 0.15) is 0 Å². The van der Waals surface area contributed by atoms with E-state index in [4.69, 9.17) is 4.74 Å². The molecule has 0 bridgehead atoms. The molecule has 2 saturated heterocycles. The van der Waals surface area contributed by atoms with E-state index in [9.17, 15) is 4.79 Å². The Hall–Kier alpha value is -2.35. The number of nitrogens with one attached hydrogen (secondary N) is 1. The van der Waals surface area contributed by atoms with Gasteiger partial charge in [-0.2, -0.15) is 0 Å². The predicted octanol–water partition coefficient (Wildman–Crippen LogP) is 3.77. The maximum absolute atomic E-state index is 13.2. The highest BCUT2D eigenvalue weighted by molar-refractivity contribution is 5.93. The third kappa shape index (κ3) is 4.14. The van der Waals surface area contributed by atoms with Crippen LogP contribution < -0.4 is 5.43 Å². The zero-order valence-electron chi connectivity index (χ0n) is 20.8. The molecule has 3 heterocycles. The number of rotatable bonds is 7. The lowest BCUT2D eigenvalue weighted by Gasteiger charge is -2.44. The molecule has 0 radical (unpaired) electrons. The molecular weight excluding hydrogens is 426 g/mol. The second-order valence-electron chi connectivity index (χ2n) is 9.78. The number of urea groups is 1. The number of morpholine rings is 1.